The standard InChI is InChI=1S/C19H31N3O5S/c1-7-20-18(22-8-9-28(23,24)19(2,3)13-22)21-12-14-10-15(25-4)17(27-6)16(11-14)26-5/h10-11H,7-9,12-13H2,1-6H3,(H,20,21). The van der Waals surface area contributed by atoms with Crippen molar-refractivity contribution in [3.8, 4) is 17.2 Å². The van der Waals surface area contributed by atoms with Gasteiger partial charge in [-0.2, -0.15) is 0 Å². The molecule has 0 unspecified atom stereocenters. The lowest BCUT2D eigenvalue weighted by Crippen LogP contribution is -2.57. The first-order valence-electron chi connectivity index (χ1n) is 9.23. The fourth-order valence-electron chi connectivity index (χ4n) is 3.14. The molecule has 28 heavy (non-hydrogen) atoms. The molecule has 1 heterocycles. The van der Waals surface area contributed by atoms with Crippen LogP contribution in [0.4, 0.5) is 0 Å². The Bertz CT molecular complexity index is 796. The van der Waals surface area contributed by atoms with Gasteiger partial charge in [-0.1, -0.05) is 0 Å². The van der Waals surface area contributed by atoms with E-state index in [0.717, 1.165) is 5.56 Å². The quantitative estimate of drug-likeness (QED) is 0.561. The molecule has 0 aromatic heterocycles. The zero-order valence-electron chi connectivity index (χ0n) is 17.5. The molecule has 0 saturated carbocycles. The van der Waals surface area contributed by atoms with Crippen molar-refractivity contribution in [1.29, 1.82) is 0 Å². The Hall–Kier alpha value is -2.16. The molecule has 1 aliphatic rings. The minimum atomic E-state index is -3.11. The predicted octanol–water partition coefficient (Wildman–Crippen LogP) is 1.69. The average Bonchev–Trinajstić information content (AvgIpc) is 2.66. The van der Waals surface area contributed by atoms with Crippen molar-refractivity contribution in [3.05, 3.63) is 17.7 Å². The first kappa shape index (κ1) is 22.1. The molecule has 1 fully saturated rings. The second kappa shape index (κ2) is 8.89. The smallest absolute Gasteiger partial charge is 0.203 e. The van der Waals surface area contributed by atoms with Gasteiger partial charge in [0.25, 0.3) is 0 Å². The second-order valence-corrected chi connectivity index (χ2v) is 9.95. The van der Waals surface area contributed by atoms with E-state index in [1.807, 2.05) is 24.0 Å². The molecule has 1 aromatic rings. The van der Waals surface area contributed by atoms with Crippen LogP contribution in [0.15, 0.2) is 17.1 Å². The molecular weight excluding hydrogens is 382 g/mol. The van der Waals surface area contributed by atoms with Crippen LogP contribution in [0, 0.1) is 0 Å². The highest BCUT2D eigenvalue weighted by atomic mass is 32.2. The highest BCUT2D eigenvalue weighted by Crippen LogP contribution is 2.38. The Morgan fingerprint density at radius 1 is 1.18 bits per heavy atom. The fourth-order valence-corrected chi connectivity index (χ4v) is 4.51. The van der Waals surface area contributed by atoms with Gasteiger partial charge < -0.3 is 24.4 Å². The minimum absolute atomic E-state index is 0.120. The molecule has 0 atom stereocenters. The topological polar surface area (TPSA) is 89.5 Å². The minimum Gasteiger partial charge on any atom is -0.493 e. The van der Waals surface area contributed by atoms with Gasteiger partial charge in [-0.3, -0.25) is 0 Å². The van der Waals surface area contributed by atoms with E-state index >= 15 is 0 Å². The molecule has 1 saturated heterocycles. The van der Waals surface area contributed by atoms with Gasteiger partial charge in [-0.25, -0.2) is 13.4 Å². The van der Waals surface area contributed by atoms with Crippen molar-refractivity contribution in [2.75, 3.05) is 46.7 Å². The number of nitrogens with one attached hydrogen (secondary N) is 1. The van der Waals surface area contributed by atoms with E-state index in [-0.39, 0.29) is 5.75 Å². The van der Waals surface area contributed by atoms with Crippen molar-refractivity contribution >= 4 is 15.8 Å². The summed E-state index contributed by atoms with van der Waals surface area (Å²) in [7, 11) is 1.60. The third kappa shape index (κ3) is 4.63. The van der Waals surface area contributed by atoms with Crippen molar-refractivity contribution < 1.29 is 22.6 Å². The summed E-state index contributed by atoms with van der Waals surface area (Å²) < 4.78 is 39.9. The van der Waals surface area contributed by atoms with Gasteiger partial charge >= 0.3 is 0 Å². The van der Waals surface area contributed by atoms with E-state index in [0.29, 0.717) is 49.4 Å². The van der Waals surface area contributed by atoms with Gasteiger partial charge in [0.05, 0.1) is 38.4 Å². The van der Waals surface area contributed by atoms with Gasteiger partial charge in [-0.05, 0) is 38.5 Å². The lowest BCUT2D eigenvalue weighted by Gasteiger charge is -2.39. The largest absolute Gasteiger partial charge is 0.493 e. The summed E-state index contributed by atoms with van der Waals surface area (Å²) in [5.41, 5.74) is 0.897. The van der Waals surface area contributed by atoms with E-state index in [1.54, 1.807) is 35.2 Å². The van der Waals surface area contributed by atoms with Crippen LogP contribution in [0.25, 0.3) is 0 Å². The summed E-state index contributed by atoms with van der Waals surface area (Å²) in [6.07, 6.45) is 0. The monoisotopic (exact) mass is 413 g/mol. The third-order valence-corrected chi connectivity index (χ3v) is 7.35. The number of hydrogen-bond donors (Lipinski definition) is 1. The van der Waals surface area contributed by atoms with Gasteiger partial charge in [-0.15, -0.1) is 0 Å². The van der Waals surface area contributed by atoms with Gasteiger partial charge in [0, 0.05) is 19.6 Å². The molecular formula is C19H31N3O5S. The Balaban J connectivity index is 2.28. The second-order valence-electron chi connectivity index (χ2n) is 7.20. The van der Waals surface area contributed by atoms with Crippen molar-refractivity contribution in [2.45, 2.75) is 32.1 Å². The number of guanidine groups is 1. The normalized spacial score (nSPS) is 18.5. The summed E-state index contributed by atoms with van der Waals surface area (Å²) in [6.45, 7) is 7.42. The molecule has 0 bridgehead atoms. The lowest BCUT2D eigenvalue weighted by atomic mass is 10.1. The third-order valence-electron chi connectivity index (χ3n) is 4.81. The molecule has 158 valence electrons. The van der Waals surface area contributed by atoms with Crippen LogP contribution in [0.3, 0.4) is 0 Å². The Labute approximate surface area is 167 Å². The maximum atomic E-state index is 12.3. The Morgan fingerprint density at radius 3 is 2.25 bits per heavy atom. The molecule has 1 aromatic carbocycles. The van der Waals surface area contributed by atoms with Crippen LogP contribution >= 0.6 is 0 Å². The summed E-state index contributed by atoms with van der Waals surface area (Å²) >= 11 is 0. The number of methoxy groups -OCH3 is 3. The molecule has 9 heteroatoms. The fraction of sp³-hybridized carbons (Fsp3) is 0.632. The molecule has 8 nitrogen and oxygen atoms in total. The molecule has 0 spiro atoms. The van der Waals surface area contributed by atoms with Crippen LogP contribution in [0.1, 0.15) is 26.3 Å². The summed E-state index contributed by atoms with van der Waals surface area (Å²) in [6, 6.07) is 3.72. The van der Waals surface area contributed by atoms with Gasteiger partial charge in [0.1, 0.15) is 0 Å². The van der Waals surface area contributed by atoms with Gasteiger partial charge in [0.2, 0.25) is 5.75 Å². The number of sulfone groups is 1. The first-order valence-corrected chi connectivity index (χ1v) is 10.9. The van der Waals surface area contributed by atoms with E-state index < -0.39 is 14.6 Å². The number of nitrogens with zero attached hydrogens (tertiary/aromatic N) is 2. The zero-order valence-corrected chi connectivity index (χ0v) is 18.4. The number of aliphatic imine (C=N–C) groups is 1. The van der Waals surface area contributed by atoms with Crippen LogP contribution in [0.2, 0.25) is 0 Å². The lowest BCUT2D eigenvalue weighted by molar-refractivity contribution is 0.323. The highest BCUT2D eigenvalue weighted by Gasteiger charge is 2.40. The van der Waals surface area contributed by atoms with Crippen molar-refractivity contribution in [1.82, 2.24) is 10.2 Å². The van der Waals surface area contributed by atoms with E-state index in [4.69, 9.17) is 19.2 Å². The molecule has 0 radical (unpaired) electrons. The average molecular weight is 414 g/mol. The summed E-state index contributed by atoms with van der Waals surface area (Å²) in [5, 5.41) is 3.26. The van der Waals surface area contributed by atoms with E-state index in [9.17, 15) is 8.42 Å². The SMILES string of the molecule is CCNC(=NCc1cc(OC)c(OC)c(OC)c1)N1CCS(=O)(=O)C(C)(C)C1. The molecule has 0 amide bonds. The Morgan fingerprint density at radius 2 is 1.79 bits per heavy atom. The first-order chi connectivity index (χ1) is 13.2. The number of hydrogen-bond acceptors (Lipinski definition) is 6. The number of ether oxygens (including phenoxy) is 3. The zero-order chi connectivity index (χ0) is 20.9. The van der Waals surface area contributed by atoms with Crippen LogP contribution in [-0.2, 0) is 16.4 Å². The van der Waals surface area contributed by atoms with Crippen LogP contribution in [0.5, 0.6) is 17.2 Å². The van der Waals surface area contributed by atoms with Gasteiger partial charge in [0.15, 0.2) is 27.3 Å². The van der Waals surface area contributed by atoms with Crippen molar-refractivity contribution in [3.63, 3.8) is 0 Å². The van der Waals surface area contributed by atoms with E-state index in [1.165, 1.54) is 0 Å². The van der Waals surface area contributed by atoms with Crippen LogP contribution in [-0.4, -0.2) is 70.7 Å². The molecule has 0 aliphatic carbocycles. The highest BCUT2D eigenvalue weighted by molar-refractivity contribution is 7.92. The van der Waals surface area contributed by atoms with Crippen molar-refractivity contribution in [2.24, 2.45) is 4.99 Å². The molecule has 2 rings (SSSR count). The predicted molar refractivity (Wildman–Crippen MR) is 110 cm³/mol. The summed E-state index contributed by atoms with van der Waals surface area (Å²) in [4.78, 5) is 6.71. The summed E-state index contributed by atoms with van der Waals surface area (Å²) in [5.74, 6) is 2.49. The Kier molecular flexibility index (Phi) is 7.03. The number of benzene rings is 1. The van der Waals surface area contributed by atoms with Crippen LogP contribution < -0.4 is 19.5 Å². The molecule has 1 aliphatic heterocycles. The maximum absolute atomic E-state index is 12.3. The molecule has 1 N–H and O–H groups in total. The van der Waals surface area contributed by atoms with E-state index in [2.05, 4.69) is 5.32 Å². The number of rotatable bonds is 6. The maximum Gasteiger partial charge on any atom is 0.203 e.